The SMILES string of the molecule is C#CCN(C(C)=O)C1=C(C=O)CCCC1. The van der Waals surface area contributed by atoms with Gasteiger partial charge in [-0.15, -0.1) is 6.42 Å². The number of nitrogens with zero attached hydrogens (tertiary/aromatic N) is 1. The third kappa shape index (κ3) is 2.69. The zero-order chi connectivity index (χ0) is 11.3. The van der Waals surface area contributed by atoms with Gasteiger partial charge < -0.3 is 4.90 Å². The first-order valence-corrected chi connectivity index (χ1v) is 5.09. The fourth-order valence-corrected chi connectivity index (χ4v) is 1.84. The fourth-order valence-electron chi connectivity index (χ4n) is 1.84. The maximum atomic E-state index is 11.4. The quantitative estimate of drug-likeness (QED) is 0.517. The molecule has 1 aliphatic carbocycles. The van der Waals surface area contributed by atoms with Crippen LogP contribution >= 0.6 is 0 Å². The molecule has 0 bridgehead atoms. The Bertz CT molecular complexity index is 336. The zero-order valence-corrected chi connectivity index (χ0v) is 8.95. The van der Waals surface area contributed by atoms with Gasteiger partial charge in [-0.3, -0.25) is 9.59 Å². The van der Waals surface area contributed by atoms with E-state index in [1.165, 1.54) is 11.8 Å². The minimum Gasteiger partial charge on any atom is -0.304 e. The lowest BCUT2D eigenvalue weighted by Crippen LogP contribution is -2.30. The van der Waals surface area contributed by atoms with Crippen molar-refractivity contribution in [1.29, 1.82) is 0 Å². The van der Waals surface area contributed by atoms with Crippen LogP contribution in [0, 0.1) is 12.3 Å². The van der Waals surface area contributed by atoms with Gasteiger partial charge in [0.25, 0.3) is 0 Å². The summed E-state index contributed by atoms with van der Waals surface area (Å²) in [5.41, 5.74) is 1.55. The number of rotatable bonds is 3. The van der Waals surface area contributed by atoms with E-state index in [-0.39, 0.29) is 12.5 Å². The highest BCUT2D eigenvalue weighted by Crippen LogP contribution is 2.26. The van der Waals surface area contributed by atoms with E-state index in [2.05, 4.69) is 5.92 Å². The molecule has 3 nitrogen and oxygen atoms in total. The standard InChI is InChI=1S/C12H15NO2/c1-3-8-13(10(2)15)12-7-5-4-6-11(12)9-14/h1,9H,4-8H2,2H3. The van der Waals surface area contributed by atoms with Crippen LogP contribution in [0.15, 0.2) is 11.3 Å². The Balaban J connectivity index is 2.99. The van der Waals surface area contributed by atoms with Crippen LogP contribution in [-0.2, 0) is 9.59 Å². The van der Waals surface area contributed by atoms with Crippen molar-refractivity contribution in [3.05, 3.63) is 11.3 Å². The van der Waals surface area contributed by atoms with Gasteiger partial charge in [0.05, 0.1) is 6.54 Å². The van der Waals surface area contributed by atoms with Crippen LogP contribution in [0.4, 0.5) is 0 Å². The molecule has 0 saturated heterocycles. The van der Waals surface area contributed by atoms with E-state index in [4.69, 9.17) is 6.42 Å². The molecule has 0 spiro atoms. The summed E-state index contributed by atoms with van der Waals surface area (Å²) < 4.78 is 0. The van der Waals surface area contributed by atoms with Gasteiger partial charge in [-0.25, -0.2) is 0 Å². The molecule has 0 radical (unpaired) electrons. The number of carbonyl (C=O) groups is 2. The van der Waals surface area contributed by atoms with Gasteiger partial charge in [-0.05, 0) is 25.7 Å². The summed E-state index contributed by atoms with van der Waals surface area (Å²) in [5, 5.41) is 0. The van der Waals surface area contributed by atoms with Crippen LogP contribution in [-0.4, -0.2) is 23.6 Å². The Hall–Kier alpha value is -1.56. The molecule has 80 valence electrons. The van der Waals surface area contributed by atoms with Gasteiger partial charge in [0.15, 0.2) is 0 Å². The monoisotopic (exact) mass is 205 g/mol. The molecule has 0 aromatic rings. The molecular formula is C12H15NO2. The van der Waals surface area contributed by atoms with Crippen molar-refractivity contribution in [3.8, 4) is 12.3 Å². The van der Waals surface area contributed by atoms with Gasteiger partial charge in [-0.1, -0.05) is 5.92 Å². The lowest BCUT2D eigenvalue weighted by Gasteiger charge is -2.26. The molecule has 3 heteroatoms. The summed E-state index contributed by atoms with van der Waals surface area (Å²) in [6, 6.07) is 0. The highest BCUT2D eigenvalue weighted by atomic mass is 16.2. The number of allylic oxidation sites excluding steroid dienone is 2. The van der Waals surface area contributed by atoms with Gasteiger partial charge >= 0.3 is 0 Å². The van der Waals surface area contributed by atoms with Crippen molar-refractivity contribution in [1.82, 2.24) is 4.90 Å². The van der Waals surface area contributed by atoms with E-state index < -0.39 is 0 Å². The third-order valence-corrected chi connectivity index (χ3v) is 2.58. The summed E-state index contributed by atoms with van der Waals surface area (Å²) in [4.78, 5) is 23.8. The summed E-state index contributed by atoms with van der Waals surface area (Å²) in [6.45, 7) is 1.73. The molecule has 0 fully saturated rings. The lowest BCUT2D eigenvalue weighted by atomic mass is 9.96. The Labute approximate surface area is 90.1 Å². The highest BCUT2D eigenvalue weighted by Gasteiger charge is 2.20. The molecular weight excluding hydrogens is 190 g/mol. The first-order chi connectivity index (χ1) is 7.20. The Morgan fingerprint density at radius 1 is 1.53 bits per heavy atom. The number of terminal acetylenes is 1. The van der Waals surface area contributed by atoms with Gasteiger partial charge in [0.1, 0.15) is 6.29 Å². The minimum absolute atomic E-state index is 0.0933. The van der Waals surface area contributed by atoms with Gasteiger partial charge in [0, 0.05) is 18.2 Å². The summed E-state index contributed by atoms with van der Waals surface area (Å²) in [5.74, 6) is 2.35. The first kappa shape index (κ1) is 11.5. The first-order valence-electron chi connectivity index (χ1n) is 5.09. The van der Waals surface area contributed by atoms with Gasteiger partial charge in [0.2, 0.25) is 5.91 Å². The average molecular weight is 205 g/mol. The second-order valence-corrected chi connectivity index (χ2v) is 3.61. The second-order valence-electron chi connectivity index (χ2n) is 3.61. The van der Waals surface area contributed by atoms with Crippen molar-refractivity contribution in [2.75, 3.05) is 6.54 Å². The van der Waals surface area contributed by atoms with Crippen LogP contribution in [0.25, 0.3) is 0 Å². The molecule has 0 aliphatic heterocycles. The number of amides is 1. The van der Waals surface area contributed by atoms with Crippen molar-refractivity contribution >= 4 is 12.2 Å². The highest BCUT2D eigenvalue weighted by molar-refractivity contribution is 5.80. The summed E-state index contributed by atoms with van der Waals surface area (Å²) >= 11 is 0. The Morgan fingerprint density at radius 2 is 2.20 bits per heavy atom. The molecule has 0 aromatic carbocycles. The number of aldehydes is 1. The molecule has 0 N–H and O–H groups in total. The predicted molar refractivity (Wildman–Crippen MR) is 57.8 cm³/mol. The fraction of sp³-hybridized carbons (Fsp3) is 0.500. The lowest BCUT2D eigenvalue weighted by molar-refractivity contribution is -0.126. The van der Waals surface area contributed by atoms with Crippen molar-refractivity contribution in [3.63, 3.8) is 0 Å². The minimum atomic E-state index is -0.0933. The zero-order valence-electron chi connectivity index (χ0n) is 8.95. The van der Waals surface area contributed by atoms with Crippen molar-refractivity contribution in [2.45, 2.75) is 32.6 Å². The van der Waals surface area contributed by atoms with Crippen molar-refractivity contribution < 1.29 is 9.59 Å². The topological polar surface area (TPSA) is 37.4 Å². The maximum absolute atomic E-state index is 11.4. The molecule has 0 unspecified atom stereocenters. The normalized spacial score (nSPS) is 15.7. The average Bonchev–Trinajstić information content (AvgIpc) is 2.25. The number of hydrogen-bond donors (Lipinski definition) is 0. The Morgan fingerprint density at radius 3 is 2.73 bits per heavy atom. The molecule has 1 amide bonds. The molecule has 15 heavy (non-hydrogen) atoms. The third-order valence-electron chi connectivity index (χ3n) is 2.58. The van der Waals surface area contributed by atoms with E-state index >= 15 is 0 Å². The number of hydrogen-bond acceptors (Lipinski definition) is 2. The van der Waals surface area contributed by atoms with Crippen molar-refractivity contribution in [2.24, 2.45) is 0 Å². The van der Waals surface area contributed by atoms with Crippen LogP contribution in [0.5, 0.6) is 0 Å². The molecule has 0 saturated carbocycles. The van der Waals surface area contributed by atoms with Crippen LogP contribution in [0.3, 0.4) is 0 Å². The van der Waals surface area contributed by atoms with Crippen LogP contribution < -0.4 is 0 Å². The molecule has 0 aromatic heterocycles. The predicted octanol–water partition coefficient (Wildman–Crippen LogP) is 1.50. The van der Waals surface area contributed by atoms with Crippen LogP contribution in [0.1, 0.15) is 32.6 Å². The smallest absolute Gasteiger partial charge is 0.224 e. The van der Waals surface area contributed by atoms with E-state index in [1.54, 1.807) is 0 Å². The maximum Gasteiger partial charge on any atom is 0.224 e. The molecule has 1 aliphatic rings. The number of carbonyl (C=O) groups excluding carboxylic acids is 2. The molecule has 0 atom stereocenters. The molecule has 0 heterocycles. The summed E-state index contributed by atoms with van der Waals surface area (Å²) in [6.07, 6.45) is 9.61. The molecule has 1 rings (SSSR count). The van der Waals surface area contributed by atoms with E-state index in [0.717, 1.165) is 43.2 Å². The Kier molecular flexibility index (Phi) is 4.11. The van der Waals surface area contributed by atoms with Crippen LogP contribution in [0.2, 0.25) is 0 Å². The van der Waals surface area contributed by atoms with Gasteiger partial charge in [-0.2, -0.15) is 0 Å². The van der Waals surface area contributed by atoms with E-state index in [9.17, 15) is 9.59 Å². The van der Waals surface area contributed by atoms with E-state index in [0.29, 0.717) is 0 Å². The van der Waals surface area contributed by atoms with E-state index in [1.807, 2.05) is 0 Å². The largest absolute Gasteiger partial charge is 0.304 e. The second kappa shape index (κ2) is 5.35. The summed E-state index contributed by atoms with van der Waals surface area (Å²) in [7, 11) is 0.